The molecule has 2 amide bonds. The number of nitro benzene ring substituents is 1. The van der Waals surface area contributed by atoms with Crippen molar-refractivity contribution in [1.29, 1.82) is 0 Å². The molecule has 0 spiro atoms. The molecule has 1 aliphatic rings. The van der Waals surface area contributed by atoms with E-state index in [1.54, 1.807) is 24.1 Å². The minimum atomic E-state index is -0.561. The number of amides is 2. The summed E-state index contributed by atoms with van der Waals surface area (Å²) < 4.78 is 5.33. The highest BCUT2D eigenvalue weighted by Gasteiger charge is 2.30. The summed E-state index contributed by atoms with van der Waals surface area (Å²) >= 11 is 1.43. The van der Waals surface area contributed by atoms with Crippen LogP contribution in [0.3, 0.4) is 0 Å². The van der Waals surface area contributed by atoms with E-state index in [0.29, 0.717) is 24.5 Å². The molecule has 9 heteroatoms. The molecule has 2 aromatic carbocycles. The standard InChI is InChI=1S/C26H33N3O5S/c1-3-24(26(31)27-21-8-4-5-9-21)28(16-20-7-6-10-23(15-20)34-2)25(30)18-35-17-19-11-13-22(14-12-19)29(32)33/h6-7,10-15,21,24H,3-5,8-9,16-18H2,1-2H3,(H,27,31). The highest BCUT2D eigenvalue weighted by atomic mass is 32.2. The van der Waals surface area contributed by atoms with Gasteiger partial charge in [-0.3, -0.25) is 19.7 Å². The second-order valence-corrected chi connectivity index (χ2v) is 9.69. The Morgan fingerprint density at radius 1 is 1.17 bits per heavy atom. The summed E-state index contributed by atoms with van der Waals surface area (Å²) in [6, 6.07) is 13.5. The van der Waals surface area contributed by atoms with E-state index in [1.165, 1.54) is 23.9 Å². The number of ether oxygens (including phenoxy) is 1. The van der Waals surface area contributed by atoms with E-state index in [0.717, 1.165) is 36.8 Å². The van der Waals surface area contributed by atoms with Crippen LogP contribution < -0.4 is 10.1 Å². The minimum absolute atomic E-state index is 0.0401. The summed E-state index contributed by atoms with van der Waals surface area (Å²) in [6.07, 6.45) is 4.72. The van der Waals surface area contributed by atoms with Crippen molar-refractivity contribution in [3.63, 3.8) is 0 Å². The number of nitrogens with one attached hydrogen (secondary N) is 1. The second kappa shape index (κ2) is 13.1. The Kier molecular flexibility index (Phi) is 9.96. The number of nitro groups is 1. The van der Waals surface area contributed by atoms with Crippen molar-refractivity contribution in [2.45, 2.75) is 63.4 Å². The SMILES string of the molecule is CCC(C(=O)NC1CCCC1)N(Cc1cccc(OC)c1)C(=O)CSCc1ccc([N+](=O)[O-])cc1. The lowest BCUT2D eigenvalue weighted by Crippen LogP contribution is -2.51. The zero-order chi connectivity index (χ0) is 25.2. The highest BCUT2D eigenvalue weighted by Crippen LogP contribution is 2.22. The molecular formula is C26H33N3O5S. The number of non-ortho nitro benzene ring substituents is 1. The summed E-state index contributed by atoms with van der Waals surface area (Å²) in [7, 11) is 1.60. The minimum Gasteiger partial charge on any atom is -0.497 e. The molecule has 0 heterocycles. The molecule has 0 radical (unpaired) electrons. The number of methoxy groups -OCH3 is 1. The Labute approximate surface area is 210 Å². The Hall–Kier alpha value is -3.07. The van der Waals surface area contributed by atoms with Crippen LogP contribution in [-0.4, -0.2) is 46.6 Å². The fraction of sp³-hybridized carbons (Fsp3) is 0.462. The van der Waals surface area contributed by atoms with Gasteiger partial charge < -0.3 is 15.0 Å². The van der Waals surface area contributed by atoms with E-state index in [-0.39, 0.29) is 29.3 Å². The van der Waals surface area contributed by atoms with Crippen LogP contribution in [0.2, 0.25) is 0 Å². The van der Waals surface area contributed by atoms with Crippen molar-refractivity contribution in [3.8, 4) is 5.75 Å². The molecule has 0 aliphatic heterocycles. The molecule has 3 rings (SSSR count). The molecule has 1 fully saturated rings. The summed E-state index contributed by atoms with van der Waals surface area (Å²) in [5, 5.41) is 14.0. The van der Waals surface area contributed by atoms with Crippen molar-refractivity contribution >= 4 is 29.3 Å². The number of hydrogen-bond donors (Lipinski definition) is 1. The van der Waals surface area contributed by atoms with Crippen LogP contribution in [-0.2, 0) is 21.9 Å². The van der Waals surface area contributed by atoms with Crippen LogP contribution in [0.15, 0.2) is 48.5 Å². The van der Waals surface area contributed by atoms with Gasteiger partial charge in [-0.2, -0.15) is 0 Å². The average molecular weight is 500 g/mol. The number of carbonyl (C=O) groups is 2. The van der Waals surface area contributed by atoms with Gasteiger partial charge in [-0.05, 0) is 42.5 Å². The Morgan fingerprint density at radius 2 is 1.89 bits per heavy atom. The maximum absolute atomic E-state index is 13.4. The Balaban J connectivity index is 1.70. The first-order chi connectivity index (χ1) is 16.9. The maximum atomic E-state index is 13.4. The molecule has 8 nitrogen and oxygen atoms in total. The van der Waals surface area contributed by atoms with Crippen LogP contribution in [0.1, 0.15) is 50.2 Å². The fourth-order valence-corrected chi connectivity index (χ4v) is 5.18. The maximum Gasteiger partial charge on any atom is 0.269 e. The summed E-state index contributed by atoms with van der Waals surface area (Å²) in [5.74, 6) is 1.23. The summed E-state index contributed by atoms with van der Waals surface area (Å²) in [6.45, 7) is 2.24. The van der Waals surface area contributed by atoms with Gasteiger partial charge in [0.2, 0.25) is 11.8 Å². The third-order valence-electron chi connectivity index (χ3n) is 6.22. The molecule has 1 unspecified atom stereocenters. The number of rotatable bonds is 12. The third kappa shape index (κ3) is 7.71. The van der Waals surface area contributed by atoms with Gasteiger partial charge in [-0.1, -0.05) is 44.0 Å². The molecule has 0 bridgehead atoms. The summed E-state index contributed by atoms with van der Waals surface area (Å²) in [5.41, 5.74) is 1.84. The van der Waals surface area contributed by atoms with Crippen molar-refractivity contribution in [3.05, 3.63) is 69.8 Å². The van der Waals surface area contributed by atoms with Crippen molar-refractivity contribution in [2.24, 2.45) is 0 Å². The van der Waals surface area contributed by atoms with Crippen molar-refractivity contribution in [1.82, 2.24) is 10.2 Å². The number of benzene rings is 2. The first-order valence-corrected chi connectivity index (χ1v) is 13.1. The summed E-state index contributed by atoms with van der Waals surface area (Å²) in [4.78, 5) is 38.6. The average Bonchev–Trinajstić information content (AvgIpc) is 3.37. The normalized spacial score (nSPS) is 14.3. The molecule has 1 N–H and O–H groups in total. The molecule has 0 saturated heterocycles. The van der Waals surface area contributed by atoms with E-state index in [9.17, 15) is 19.7 Å². The molecule has 1 atom stereocenters. The van der Waals surface area contributed by atoms with Crippen LogP contribution in [0.25, 0.3) is 0 Å². The number of thioether (sulfide) groups is 1. The van der Waals surface area contributed by atoms with Crippen molar-refractivity contribution < 1.29 is 19.2 Å². The van der Waals surface area contributed by atoms with Crippen LogP contribution in [0.4, 0.5) is 5.69 Å². The van der Waals surface area contributed by atoms with Crippen LogP contribution in [0.5, 0.6) is 5.75 Å². The predicted molar refractivity (Wildman–Crippen MR) is 137 cm³/mol. The zero-order valence-corrected chi connectivity index (χ0v) is 21.1. The van der Waals surface area contributed by atoms with E-state index in [1.807, 2.05) is 31.2 Å². The van der Waals surface area contributed by atoms with Gasteiger partial charge in [-0.25, -0.2) is 0 Å². The quantitative estimate of drug-likeness (QED) is 0.335. The fourth-order valence-electron chi connectivity index (χ4n) is 4.31. The molecule has 2 aromatic rings. The second-order valence-electron chi connectivity index (χ2n) is 8.70. The first-order valence-electron chi connectivity index (χ1n) is 11.9. The van der Waals surface area contributed by atoms with Gasteiger partial charge in [0.05, 0.1) is 17.8 Å². The van der Waals surface area contributed by atoms with Crippen LogP contribution in [0, 0.1) is 10.1 Å². The monoisotopic (exact) mass is 499 g/mol. The molecule has 0 aromatic heterocycles. The molecule has 1 saturated carbocycles. The van der Waals surface area contributed by atoms with Crippen LogP contribution >= 0.6 is 11.8 Å². The first kappa shape index (κ1) is 26.5. The number of carbonyl (C=O) groups excluding carboxylic acids is 2. The van der Waals surface area contributed by atoms with E-state index < -0.39 is 11.0 Å². The van der Waals surface area contributed by atoms with Gasteiger partial charge in [-0.15, -0.1) is 11.8 Å². The van der Waals surface area contributed by atoms with Crippen molar-refractivity contribution in [2.75, 3.05) is 12.9 Å². The number of nitrogens with zero attached hydrogens (tertiary/aromatic N) is 2. The highest BCUT2D eigenvalue weighted by molar-refractivity contribution is 7.99. The molecule has 35 heavy (non-hydrogen) atoms. The lowest BCUT2D eigenvalue weighted by Gasteiger charge is -2.31. The number of hydrogen-bond acceptors (Lipinski definition) is 6. The Bertz CT molecular complexity index is 1010. The zero-order valence-electron chi connectivity index (χ0n) is 20.3. The lowest BCUT2D eigenvalue weighted by molar-refractivity contribution is -0.384. The molecule has 1 aliphatic carbocycles. The van der Waals surface area contributed by atoms with Gasteiger partial charge in [0, 0.05) is 30.5 Å². The van der Waals surface area contributed by atoms with E-state index >= 15 is 0 Å². The molecular weight excluding hydrogens is 466 g/mol. The van der Waals surface area contributed by atoms with Gasteiger partial charge in [0.25, 0.3) is 5.69 Å². The lowest BCUT2D eigenvalue weighted by atomic mass is 10.1. The van der Waals surface area contributed by atoms with E-state index in [2.05, 4.69) is 5.32 Å². The van der Waals surface area contributed by atoms with Gasteiger partial charge in [0.15, 0.2) is 0 Å². The van der Waals surface area contributed by atoms with Gasteiger partial charge >= 0.3 is 0 Å². The molecule has 188 valence electrons. The third-order valence-corrected chi connectivity index (χ3v) is 7.20. The topological polar surface area (TPSA) is 102 Å². The Morgan fingerprint density at radius 3 is 2.51 bits per heavy atom. The van der Waals surface area contributed by atoms with E-state index in [4.69, 9.17) is 4.74 Å². The smallest absolute Gasteiger partial charge is 0.269 e. The predicted octanol–water partition coefficient (Wildman–Crippen LogP) is 4.70. The van der Waals surface area contributed by atoms with Gasteiger partial charge in [0.1, 0.15) is 11.8 Å². The largest absolute Gasteiger partial charge is 0.497 e.